The maximum absolute atomic E-state index is 10.9. The predicted molar refractivity (Wildman–Crippen MR) is 38.5 cm³/mol. The topological polar surface area (TPSA) is 34.1 Å². The maximum Gasteiger partial charge on any atom is 0.220 e. The standard InChI is InChI=1S/C6H6Cl2O2/c1-6(8)2-3(7)4(9)5(6)10/h3H,2H2,1H3. The third-order valence-electron chi connectivity index (χ3n) is 1.54. The fraction of sp³-hybridized carbons (Fsp3) is 0.667. The van der Waals surface area contributed by atoms with E-state index in [1.165, 1.54) is 6.92 Å². The monoisotopic (exact) mass is 180 g/mol. The average molecular weight is 181 g/mol. The van der Waals surface area contributed by atoms with Crippen molar-refractivity contribution in [3.63, 3.8) is 0 Å². The van der Waals surface area contributed by atoms with Crippen LogP contribution in [0.15, 0.2) is 0 Å². The fourth-order valence-electron chi connectivity index (χ4n) is 0.921. The van der Waals surface area contributed by atoms with Crippen LogP contribution in [0.1, 0.15) is 13.3 Å². The molecule has 0 aromatic carbocycles. The second-order valence-corrected chi connectivity index (χ2v) is 3.92. The van der Waals surface area contributed by atoms with Crippen molar-refractivity contribution in [3.8, 4) is 0 Å². The summed E-state index contributed by atoms with van der Waals surface area (Å²) in [5.41, 5.74) is 0. The Kier molecular flexibility index (Phi) is 1.77. The molecule has 0 N–H and O–H groups in total. The maximum atomic E-state index is 10.9. The molecule has 1 rings (SSSR count). The molecule has 2 nitrogen and oxygen atoms in total. The summed E-state index contributed by atoms with van der Waals surface area (Å²) in [4.78, 5) is 20.6. The molecular formula is C6H6Cl2O2. The Labute approximate surface area is 68.5 Å². The predicted octanol–water partition coefficient (Wildman–Crippen LogP) is 1.13. The van der Waals surface area contributed by atoms with Gasteiger partial charge in [0.2, 0.25) is 11.6 Å². The minimum absolute atomic E-state index is 0.244. The number of carbonyl (C=O) groups is 2. The van der Waals surface area contributed by atoms with Gasteiger partial charge in [-0.3, -0.25) is 9.59 Å². The Balaban J connectivity index is 2.92. The van der Waals surface area contributed by atoms with Crippen LogP contribution in [0.5, 0.6) is 0 Å². The quantitative estimate of drug-likeness (QED) is 0.414. The molecule has 0 saturated heterocycles. The number of halogens is 2. The highest BCUT2D eigenvalue weighted by Gasteiger charge is 2.47. The normalized spacial score (nSPS) is 40.9. The lowest BCUT2D eigenvalue weighted by Gasteiger charge is -2.07. The van der Waals surface area contributed by atoms with Gasteiger partial charge in [0.15, 0.2) is 0 Å². The molecule has 4 heteroatoms. The Morgan fingerprint density at radius 1 is 1.60 bits per heavy atom. The van der Waals surface area contributed by atoms with Gasteiger partial charge in [0, 0.05) is 0 Å². The molecule has 1 saturated carbocycles. The summed E-state index contributed by atoms with van der Waals surface area (Å²) in [7, 11) is 0. The van der Waals surface area contributed by atoms with Crippen molar-refractivity contribution in [1.82, 2.24) is 0 Å². The molecule has 56 valence electrons. The number of hydrogen-bond acceptors (Lipinski definition) is 2. The van der Waals surface area contributed by atoms with E-state index in [9.17, 15) is 9.59 Å². The lowest BCUT2D eigenvalue weighted by Crippen LogP contribution is -2.25. The molecule has 0 amide bonds. The molecule has 1 aliphatic rings. The van der Waals surface area contributed by atoms with Gasteiger partial charge in [-0.2, -0.15) is 0 Å². The molecule has 0 heterocycles. The Bertz CT molecular complexity index is 198. The third-order valence-corrected chi connectivity index (χ3v) is 2.22. The van der Waals surface area contributed by atoms with E-state index < -0.39 is 21.8 Å². The summed E-state index contributed by atoms with van der Waals surface area (Å²) in [5.74, 6) is -1.12. The van der Waals surface area contributed by atoms with Crippen LogP contribution in [-0.2, 0) is 9.59 Å². The van der Waals surface area contributed by atoms with Crippen molar-refractivity contribution < 1.29 is 9.59 Å². The zero-order valence-corrected chi connectivity index (χ0v) is 6.87. The van der Waals surface area contributed by atoms with E-state index in [4.69, 9.17) is 23.2 Å². The summed E-state index contributed by atoms with van der Waals surface area (Å²) in [6, 6.07) is 0. The number of ketones is 2. The first-order chi connectivity index (χ1) is 4.45. The number of hydrogen-bond donors (Lipinski definition) is 0. The molecule has 2 unspecified atom stereocenters. The van der Waals surface area contributed by atoms with Crippen molar-refractivity contribution in [3.05, 3.63) is 0 Å². The zero-order chi connectivity index (χ0) is 7.94. The molecule has 10 heavy (non-hydrogen) atoms. The highest BCUT2D eigenvalue weighted by molar-refractivity contribution is 6.61. The summed E-state index contributed by atoms with van der Waals surface area (Å²) in [5, 5.41) is -0.713. The Morgan fingerprint density at radius 3 is 2.20 bits per heavy atom. The summed E-state index contributed by atoms with van der Waals surface area (Å²) < 4.78 is 0. The summed E-state index contributed by atoms with van der Waals surface area (Å²) >= 11 is 11.1. The molecule has 0 aromatic rings. The molecule has 2 atom stereocenters. The third kappa shape index (κ3) is 1.06. The average Bonchev–Trinajstić information content (AvgIpc) is 1.95. The fourth-order valence-corrected chi connectivity index (χ4v) is 1.66. The molecular weight excluding hydrogens is 175 g/mol. The van der Waals surface area contributed by atoms with Crippen LogP contribution in [0.3, 0.4) is 0 Å². The van der Waals surface area contributed by atoms with E-state index in [1.54, 1.807) is 0 Å². The van der Waals surface area contributed by atoms with Crippen molar-refractivity contribution in [1.29, 1.82) is 0 Å². The zero-order valence-electron chi connectivity index (χ0n) is 5.36. The minimum Gasteiger partial charge on any atom is -0.289 e. The first-order valence-corrected chi connectivity index (χ1v) is 3.68. The molecule has 0 radical (unpaired) electrons. The van der Waals surface area contributed by atoms with Crippen LogP contribution in [0.2, 0.25) is 0 Å². The number of carbonyl (C=O) groups excluding carboxylic acids is 2. The van der Waals surface area contributed by atoms with Crippen molar-refractivity contribution in [2.75, 3.05) is 0 Å². The van der Waals surface area contributed by atoms with Crippen LogP contribution < -0.4 is 0 Å². The van der Waals surface area contributed by atoms with E-state index in [1.807, 2.05) is 0 Å². The van der Waals surface area contributed by atoms with Gasteiger partial charge in [-0.05, 0) is 13.3 Å². The SMILES string of the molecule is CC1(Cl)CC(Cl)C(=O)C1=O. The van der Waals surface area contributed by atoms with Gasteiger partial charge in [0.1, 0.15) is 10.3 Å². The van der Waals surface area contributed by atoms with Crippen molar-refractivity contribution in [2.24, 2.45) is 0 Å². The van der Waals surface area contributed by atoms with Crippen molar-refractivity contribution >= 4 is 34.8 Å². The summed E-state index contributed by atoms with van der Waals surface area (Å²) in [6.07, 6.45) is 0.244. The van der Waals surface area contributed by atoms with Gasteiger partial charge in [0.25, 0.3) is 0 Å². The molecule has 0 spiro atoms. The van der Waals surface area contributed by atoms with Crippen LogP contribution in [0.25, 0.3) is 0 Å². The first-order valence-electron chi connectivity index (χ1n) is 2.87. The molecule has 0 aromatic heterocycles. The number of rotatable bonds is 0. The first kappa shape index (κ1) is 8.02. The number of Topliss-reactive ketones (excluding diaryl/α,β-unsaturated/α-hetero) is 2. The second-order valence-electron chi connectivity index (χ2n) is 2.56. The lowest BCUT2D eigenvalue weighted by atomic mass is 10.1. The van der Waals surface area contributed by atoms with Gasteiger partial charge >= 0.3 is 0 Å². The van der Waals surface area contributed by atoms with E-state index >= 15 is 0 Å². The van der Waals surface area contributed by atoms with Crippen molar-refractivity contribution in [2.45, 2.75) is 23.6 Å². The number of alkyl halides is 2. The van der Waals surface area contributed by atoms with Crippen LogP contribution >= 0.6 is 23.2 Å². The molecule has 0 bridgehead atoms. The highest BCUT2D eigenvalue weighted by Crippen LogP contribution is 2.32. The Morgan fingerprint density at radius 2 is 2.10 bits per heavy atom. The van der Waals surface area contributed by atoms with Gasteiger partial charge < -0.3 is 0 Å². The Hall–Kier alpha value is -0.0800. The van der Waals surface area contributed by atoms with Gasteiger partial charge in [-0.25, -0.2) is 0 Å². The minimum atomic E-state index is -1.05. The largest absolute Gasteiger partial charge is 0.289 e. The smallest absolute Gasteiger partial charge is 0.220 e. The second kappa shape index (κ2) is 2.21. The lowest BCUT2D eigenvalue weighted by molar-refractivity contribution is -0.134. The highest BCUT2D eigenvalue weighted by atomic mass is 35.5. The van der Waals surface area contributed by atoms with E-state index in [2.05, 4.69) is 0 Å². The molecule has 1 aliphatic carbocycles. The van der Waals surface area contributed by atoms with Gasteiger partial charge in [-0.15, -0.1) is 23.2 Å². The molecule has 0 aliphatic heterocycles. The van der Waals surface area contributed by atoms with Gasteiger partial charge in [-0.1, -0.05) is 0 Å². The molecule has 1 fully saturated rings. The summed E-state index contributed by atoms with van der Waals surface area (Å²) in [6.45, 7) is 1.51. The van der Waals surface area contributed by atoms with Crippen LogP contribution in [-0.4, -0.2) is 21.8 Å². The van der Waals surface area contributed by atoms with E-state index in [0.29, 0.717) is 0 Å². The van der Waals surface area contributed by atoms with Gasteiger partial charge in [0.05, 0.1) is 0 Å². The van der Waals surface area contributed by atoms with Crippen LogP contribution in [0, 0.1) is 0 Å². The van der Waals surface area contributed by atoms with Crippen LogP contribution in [0.4, 0.5) is 0 Å². The van der Waals surface area contributed by atoms with E-state index in [0.717, 1.165) is 0 Å². The van der Waals surface area contributed by atoms with E-state index in [-0.39, 0.29) is 6.42 Å².